The molecule has 0 aromatic carbocycles. The van der Waals surface area contributed by atoms with E-state index in [0.717, 1.165) is 5.82 Å². The van der Waals surface area contributed by atoms with Gasteiger partial charge in [-0.3, -0.25) is 9.89 Å². The number of hydrogen-bond acceptors (Lipinski definition) is 4. The highest BCUT2D eigenvalue weighted by atomic mass is 16.2. The van der Waals surface area contributed by atoms with Gasteiger partial charge in [0.25, 0.3) is 5.91 Å². The Morgan fingerprint density at radius 3 is 2.83 bits per heavy atom. The summed E-state index contributed by atoms with van der Waals surface area (Å²) in [5.74, 6) is 1.20. The average molecular weight is 248 g/mol. The maximum atomic E-state index is 12.2. The predicted molar refractivity (Wildman–Crippen MR) is 66.7 cm³/mol. The second kappa shape index (κ2) is 4.52. The predicted octanol–water partition coefficient (Wildman–Crippen LogP) is 0.306. The van der Waals surface area contributed by atoms with Crippen molar-refractivity contribution in [3.63, 3.8) is 0 Å². The molecule has 2 heterocycles. The molecule has 0 atom stereocenters. The molecule has 18 heavy (non-hydrogen) atoms. The molecule has 0 aliphatic heterocycles. The van der Waals surface area contributed by atoms with Crippen LogP contribution in [0.5, 0.6) is 0 Å². The summed E-state index contributed by atoms with van der Waals surface area (Å²) < 4.78 is 1.71. The molecule has 7 heteroatoms. The van der Waals surface area contributed by atoms with Crippen molar-refractivity contribution in [3.8, 4) is 0 Å². The third kappa shape index (κ3) is 2.34. The molecule has 0 fully saturated rings. The van der Waals surface area contributed by atoms with E-state index < -0.39 is 0 Å². The molecule has 0 aliphatic carbocycles. The molecule has 0 saturated heterocycles. The molecule has 1 amide bonds. The Labute approximate surface area is 105 Å². The molecular formula is C11H16N6O. The zero-order chi connectivity index (χ0) is 13.3. The first-order chi connectivity index (χ1) is 8.47. The van der Waals surface area contributed by atoms with Gasteiger partial charge in [0, 0.05) is 20.3 Å². The molecule has 0 unspecified atom stereocenters. The molecule has 0 spiro atoms. The number of nitrogens with zero attached hydrogens (tertiary/aromatic N) is 4. The number of nitrogens with one attached hydrogen (secondary N) is 1. The topological polar surface area (TPSA) is 92.8 Å². The van der Waals surface area contributed by atoms with E-state index in [9.17, 15) is 4.79 Å². The van der Waals surface area contributed by atoms with Crippen LogP contribution in [0.25, 0.3) is 0 Å². The van der Waals surface area contributed by atoms with Gasteiger partial charge < -0.3 is 15.2 Å². The van der Waals surface area contributed by atoms with Crippen LogP contribution in [0.15, 0.2) is 12.3 Å². The van der Waals surface area contributed by atoms with Crippen molar-refractivity contribution < 1.29 is 4.79 Å². The quantitative estimate of drug-likeness (QED) is 0.817. The normalized spacial score (nSPS) is 10.6. The Morgan fingerprint density at radius 2 is 2.33 bits per heavy atom. The monoisotopic (exact) mass is 248 g/mol. The van der Waals surface area contributed by atoms with Gasteiger partial charge >= 0.3 is 0 Å². The molecule has 0 bridgehead atoms. The number of aromatic amines is 1. The van der Waals surface area contributed by atoms with Gasteiger partial charge in [-0.15, -0.1) is 0 Å². The molecule has 0 saturated carbocycles. The van der Waals surface area contributed by atoms with Crippen LogP contribution in [-0.2, 0) is 13.6 Å². The number of amides is 1. The standard InChI is InChI=1S/C11H16N6O/c1-7-13-10(15-14-7)6-17(3)11(18)9-4-8(12)5-16(9)2/h4-5H,6,12H2,1-3H3,(H,13,14,15). The minimum absolute atomic E-state index is 0.114. The average Bonchev–Trinajstić information content (AvgIpc) is 2.84. The first-order valence-electron chi connectivity index (χ1n) is 5.52. The van der Waals surface area contributed by atoms with E-state index in [-0.39, 0.29) is 5.91 Å². The fourth-order valence-electron chi connectivity index (χ4n) is 1.74. The van der Waals surface area contributed by atoms with Gasteiger partial charge in [-0.1, -0.05) is 0 Å². The molecule has 0 aliphatic rings. The van der Waals surface area contributed by atoms with Crippen molar-refractivity contribution in [1.29, 1.82) is 0 Å². The Hall–Kier alpha value is -2.31. The van der Waals surface area contributed by atoms with Crippen molar-refractivity contribution in [3.05, 3.63) is 29.6 Å². The first-order valence-corrected chi connectivity index (χ1v) is 5.52. The Balaban J connectivity index is 2.11. The highest BCUT2D eigenvalue weighted by Crippen LogP contribution is 2.11. The van der Waals surface area contributed by atoms with Crippen molar-refractivity contribution >= 4 is 11.6 Å². The van der Waals surface area contributed by atoms with Crippen molar-refractivity contribution in [2.24, 2.45) is 7.05 Å². The van der Waals surface area contributed by atoms with Crippen LogP contribution in [0.2, 0.25) is 0 Å². The third-order valence-corrected chi connectivity index (χ3v) is 2.61. The molecule has 96 valence electrons. The summed E-state index contributed by atoms with van der Waals surface area (Å²) in [4.78, 5) is 17.9. The molecule has 3 N–H and O–H groups in total. The summed E-state index contributed by atoms with van der Waals surface area (Å²) in [5.41, 5.74) is 6.77. The maximum absolute atomic E-state index is 12.2. The third-order valence-electron chi connectivity index (χ3n) is 2.61. The lowest BCUT2D eigenvalue weighted by Crippen LogP contribution is -2.28. The zero-order valence-corrected chi connectivity index (χ0v) is 10.6. The van der Waals surface area contributed by atoms with Crippen LogP contribution in [-0.4, -0.2) is 37.6 Å². The van der Waals surface area contributed by atoms with Crippen LogP contribution >= 0.6 is 0 Å². The molecule has 0 radical (unpaired) electrons. The Morgan fingerprint density at radius 1 is 1.61 bits per heavy atom. The van der Waals surface area contributed by atoms with Crippen molar-refractivity contribution in [2.45, 2.75) is 13.5 Å². The summed E-state index contributed by atoms with van der Waals surface area (Å²) >= 11 is 0. The molecule has 2 aromatic rings. The second-order valence-electron chi connectivity index (χ2n) is 4.27. The smallest absolute Gasteiger partial charge is 0.270 e. The SMILES string of the molecule is Cc1nc(CN(C)C(=O)c2cc(N)cn2C)n[nH]1. The van der Waals surface area contributed by atoms with Crippen molar-refractivity contribution in [2.75, 3.05) is 12.8 Å². The lowest BCUT2D eigenvalue weighted by Gasteiger charge is -2.15. The number of anilines is 1. The summed E-state index contributed by atoms with van der Waals surface area (Å²) in [7, 11) is 3.49. The summed E-state index contributed by atoms with van der Waals surface area (Å²) in [6.45, 7) is 2.17. The van der Waals surface area contributed by atoms with E-state index in [1.165, 1.54) is 0 Å². The van der Waals surface area contributed by atoms with E-state index in [1.807, 2.05) is 6.92 Å². The largest absolute Gasteiger partial charge is 0.397 e. The number of carbonyl (C=O) groups is 1. The van der Waals surface area contributed by atoms with Crippen LogP contribution < -0.4 is 5.73 Å². The van der Waals surface area contributed by atoms with Gasteiger partial charge in [0.1, 0.15) is 11.5 Å². The molecule has 2 aromatic heterocycles. The summed E-state index contributed by atoms with van der Waals surface area (Å²) in [5, 5.41) is 6.74. The summed E-state index contributed by atoms with van der Waals surface area (Å²) in [6.07, 6.45) is 1.71. The number of rotatable bonds is 3. The minimum atomic E-state index is -0.114. The number of carbonyl (C=O) groups excluding carboxylic acids is 1. The lowest BCUT2D eigenvalue weighted by atomic mass is 10.3. The fourth-order valence-corrected chi connectivity index (χ4v) is 1.74. The van der Waals surface area contributed by atoms with Crippen LogP contribution in [0.1, 0.15) is 22.1 Å². The summed E-state index contributed by atoms with van der Waals surface area (Å²) in [6, 6.07) is 1.65. The molecule has 7 nitrogen and oxygen atoms in total. The van der Waals surface area contributed by atoms with Gasteiger partial charge in [-0.25, -0.2) is 4.98 Å². The van der Waals surface area contributed by atoms with Gasteiger partial charge in [-0.2, -0.15) is 5.10 Å². The Kier molecular flexibility index (Phi) is 3.05. The number of aromatic nitrogens is 4. The number of nitrogen functional groups attached to an aromatic ring is 1. The highest BCUT2D eigenvalue weighted by Gasteiger charge is 2.17. The number of nitrogens with two attached hydrogens (primary N) is 1. The maximum Gasteiger partial charge on any atom is 0.270 e. The van der Waals surface area contributed by atoms with Crippen LogP contribution in [0, 0.1) is 6.92 Å². The fraction of sp³-hybridized carbons (Fsp3) is 0.364. The first kappa shape index (κ1) is 12.2. The molecular weight excluding hydrogens is 232 g/mol. The second-order valence-corrected chi connectivity index (χ2v) is 4.27. The molecule has 2 rings (SSSR count). The minimum Gasteiger partial charge on any atom is -0.397 e. The van der Waals surface area contributed by atoms with Gasteiger partial charge in [0.15, 0.2) is 5.82 Å². The highest BCUT2D eigenvalue weighted by molar-refractivity contribution is 5.93. The van der Waals surface area contributed by atoms with E-state index in [2.05, 4.69) is 15.2 Å². The van der Waals surface area contributed by atoms with Crippen LogP contribution in [0.3, 0.4) is 0 Å². The van der Waals surface area contributed by atoms with E-state index in [0.29, 0.717) is 23.8 Å². The van der Waals surface area contributed by atoms with Crippen LogP contribution in [0.4, 0.5) is 5.69 Å². The van der Waals surface area contributed by atoms with Gasteiger partial charge in [-0.05, 0) is 13.0 Å². The van der Waals surface area contributed by atoms with E-state index >= 15 is 0 Å². The number of H-pyrrole nitrogens is 1. The number of hydrogen-bond donors (Lipinski definition) is 2. The van der Waals surface area contributed by atoms with Gasteiger partial charge in [0.05, 0.1) is 12.2 Å². The Bertz CT molecular complexity index is 570. The van der Waals surface area contributed by atoms with Crippen molar-refractivity contribution in [1.82, 2.24) is 24.6 Å². The lowest BCUT2D eigenvalue weighted by molar-refractivity contribution is 0.0772. The van der Waals surface area contributed by atoms with E-state index in [1.54, 1.807) is 35.8 Å². The van der Waals surface area contributed by atoms with Gasteiger partial charge in [0.2, 0.25) is 0 Å². The zero-order valence-electron chi connectivity index (χ0n) is 10.6. The van der Waals surface area contributed by atoms with E-state index in [4.69, 9.17) is 5.73 Å². The number of aryl methyl sites for hydroxylation is 2.